The molecule has 0 aromatic heterocycles. The molecule has 0 N–H and O–H groups in total. The van der Waals surface area contributed by atoms with Crippen molar-refractivity contribution < 1.29 is 14.3 Å². The molecule has 0 atom stereocenters. The predicted octanol–water partition coefficient (Wildman–Crippen LogP) is 4.65. The maximum absolute atomic E-state index is 13.7. The summed E-state index contributed by atoms with van der Waals surface area (Å²) in [6, 6.07) is 37.6. The molecule has 0 aliphatic carbocycles. The third-order valence-corrected chi connectivity index (χ3v) is 9.88. The van der Waals surface area contributed by atoms with Gasteiger partial charge < -0.3 is 4.74 Å². The van der Waals surface area contributed by atoms with Gasteiger partial charge in [-0.15, -0.1) is 0 Å². The number of rotatable bonds is 7. The SMILES string of the molecule is COC(=O)c1cccc(C(=O)C[P+](c2ccccc2)(c2ccccc2)c2ccccc2)c1. The number of carbonyl (C=O) groups excluding carboxylic acids is 2. The molecule has 0 spiro atoms. The van der Waals surface area contributed by atoms with Gasteiger partial charge in [0.15, 0.2) is 0 Å². The largest absolute Gasteiger partial charge is 0.465 e. The van der Waals surface area contributed by atoms with E-state index in [1.54, 1.807) is 24.3 Å². The van der Waals surface area contributed by atoms with Gasteiger partial charge in [-0.1, -0.05) is 66.7 Å². The average Bonchev–Trinajstić information content (AvgIpc) is 2.88. The number of hydrogen-bond donors (Lipinski definition) is 0. The Balaban J connectivity index is 1.89. The topological polar surface area (TPSA) is 43.4 Å². The molecule has 0 saturated heterocycles. The Morgan fingerprint density at radius 2 is 1.06 bits per heavy atom. The van der Waals surface area contributed by atoms with Crippen LogP contribution in [0.4, 0.5) is 0 Å². The van der Waals surface area contributed by atoms with Gasteiger partial charge in [0.25, 0.3) is 0 Å². The Hall–Kier alpha value is -3.55. The van der Waals surface area contributed by atoms with Crippen molar-refractivity contribution >= 4 is 34.9 Å². The van der Waals surface area contributed by atoms with E-state index in [4.69, 9.17) is 4.74 Å². The van der Waals surface area contributed by atoms with Crippen LogP contribution in [-0.4, -0.2) is 25.0 Å². The maximum atomic E-state index is 13.7. The van der Waals surface area contributed by atoms with E-state index >= 15 is 0 Å². The van der Waals surface area contributed by atoms with Crippen molar-refractivity contribution in [3.63, 3.8) is 0 Å². The highest BCUT2D eigenvalue weighted by atomic mass is 31.2. The Labute approximate surface area is 189 Å². The van der Waals surface area contributed by atoms with Crippen LogP contribution in [0.25, 0.3) is 0 Å². The predicted molar refractivity (Wildman–Crippen MR) is 132 cm³/mol. The molecule has 4 heteroatoms. The first-order valence-corrected chi connectivity index (χ1v) is 12.4. The summed E-state index contributed by atoms with van der Waals surface area (Å²) < 4.78 is 4.84. The fraction of sp³-hybridized carbons (Fsp3) is 0.0714. The zero-order valence-corrected chi connectivity index (χ0v) is 18.7. The van der Waals surface area contributed by atoms with Gasteiger partial charge in [-0.25, -0.2) is 4.79 Å². The minimum Gasteiger partial charge on any atom is -0.465 e. The highest BCUT2D eigenvalue weighted by molar-refractivity contribution is 7.96. The van der Waals surface area contributed by atoms with Gasteiger partial charge in [0.05, 0.1) is 12.7 Å². The molecule has 0 aliphatic heterocycles. The summed E-state index contributed by atoms with van der Waals surface area (Å²) in [4.78, 5) is 25.7. The van der Waals surface area contributed by atoms with Crippen molar-refractivity contribution in [1.29, 1.82) is 0 Å². The van der Waals surface area contributed by atoms with Gasteiger partial charge in [-0.3, -0.25) is 4.79 Å². The molecule has 0 fully saturated rings. The zero-order valence-electron chi connectivity index (χ0n) is 17.8. The van der Waals surface area contributed by atoms with Crippen LogP contribution in [-0.2, 0) is 4.74 Å². The molecule has 4 aromatic carbocycles. The van der Waals surface area contributed by atoms with Crippen molar-refractivity contribution in [3.8, 4) is 0 Å². The molecule has 32 heavy (non-hydrogen) atoms. The minimum atomic E-state index is -2.29. The van der Waals surface area contributed by atoms with Crippen molar-refractivity contribution in [2.45, 2.75) is 0 Å². The monoisotopic (exact) mass is 439 g/mol. The molecule has 4 rings (SSSR count). The summed E-state index contributed by atoms with van der Waals surface area (Å²) in [5.41, 5.74) is 0.890. The highest BCUT2D eigenvalue weighted by Gasteiger charge is 2.47. The summed E-state index contributed by atoms with van der Waals surface area (Å²) in [6.07, 6.45) is 0.329. The van der Waals surface area contributed by atoms with Crippen molar-refractivity contribution in [2.75, 3.05) is 13.3 Å². The molecule has 3 nitrogen and oxygen atoms in total. The van der Waals surface area contributed by atoms with Gasteiger partial charge in [0.2, 0.25) is 5.78 Å². The molecule has 0 aliphatic rings. The van der Waals surface area contributed by atoms with E-state index in [1.807, 2.05) is 54.6 Å². The fourth-order valence-electron chi connectivity index (χ4n) is 4.01. The molecule has 0 heterocycles. The standard InChI is InChI=1S/C28H24O3P/c1-31-28(30)23-13-11-12-22(20-23)27(29)21-32(24-14-5-2-6-15-24,25-16-7-3-8-17-25)26-18-9-4-10-19-26/h2-20H,21H2,1H3/q+1. The first-order chi connectivity index (χ1) is 15.6. The zero-order chi connectivity index (χ0) is 22.4. The molecule has 0 unspecified atom stereocenters. The van der Waals surface area contributed by atoms with Crippen molar-refractivity contribution in [2.24, 2.45) is 0 Å². The Kier molecular flexibility index (Phi) is 6.58. The quantitative estimate of drug-likeness (QED) is 0.239. The number of esters is 1. The number of hydrogen-bond acceptors (Lipinski definition) is 3. The lowest BCUT2D eigenvalue weighted by Crippen LogP contribution is -2.35. The number of Topliss-reactive ketones (excluding diaryl/α,β-unsaturated/α-hetero) is 1. The van der Waals surface area contributed by atoms with Crippen LogP contribution in [0.3, 0.4) is 0 Å². The van der Waals surface area contributed by atoms with Crippen LogP contribution >= 0.6 is 7.26 Å². The van der Waals surface area contributed by atoms with E-state index < -0.39 is 13.2 Å². The van der Waals surface area contributed by atoms with Gasteiger partial charge in [0.1, 0.15) is 29.3 Å². The first-order valence-electron chi connectivity index (χ1n) is 10.4. The maximum Gasteiger partial charge on any atom is 0.337 e. The molecule has 0 bridgehead atoms. The van der Waals surface area contributed by atoms with Gasteiger partial charge >= 0.3 is 5.97 Å². The molecule has 0 amide bonds. The minimum absolute atomic E-state index is 0.000598. The summed E-state index contributed by atoms with van der Waals surface area (Å²) in [5.74, 6) is -0.449. The summed E-state index contributed by atoms with van der Waals surface area (Å²) in [7, 11) is -0.945. The van der Waals surface area contributed by atoms with Crippen LogP contribution in [0, 0.1) is 0 Å². The second-order valence-corrected chi connectivity index (χ2v) is 11.0. The van der Waals surface area contributed by atoms with Gasteiger partial charge in [0, 0.05) is 5.56 Å². The van der Waals surface area contributed by atoms with Gasteiger partial charge in [-0.2, -0.15) is 0 Å². The average molecular weight is 439 g/mol. The molecule has 158 valence electrons. The van der Waals surface area contributed by atoms with Crippen LogP contribution in [0.1, 0.15) is 20.7 Å². The highest BCUT2D eigenvalue weighted by Crippen LogP contribution is 2.55. The van der Waals surface area contributed by atoms with E-state index in [-0.39, 0.29) is 5.78 Å². The fourth-order valence-corrected chi connectivity index (χ4v) is 8.11. The second-order valence-electron chi connectivity index (χ2n) is 7.47. The van der Waals surface area contributed by atoms with E-state index in [0.717, 1.165) is 15.9 Å². The van der Waals surface area contributed by atoms with E-state index in [2.05, 4.69) is 36.4 Å². The lowest BCUT2D eigenvalue weighted by Gasteiger charge is -2.27. The van der Waals surface area contributed by atoms with Gasteiger partial charge in [-0.05, 0) is 48.5 Å². The Morgan fingerprint density at radius 1 is 0.625 bits per heavy atom. The van der Waals surface area contributed by atoms with Crippen LogP contribution in [0.5, 0.6) is 0 Å². The molecular weight excluding hydrogens is 415 g/mol. The third kappa shape index (κ3) is 4.26. The Bertz CT molecular complexity index is 1110. The van der Waals surface area contributed by atoms with Crippen molar-refractivity contribution in [1.82, 2.24) is 0 Å². The lowest BCUT2D eigenvalue weighted by molar-refractivity contribution is 0.0600. The van der Waals surface area contributed by atoms with E-state index in [1.165, 1.54) is 7.11 Å². The second kappa shape index (κ2) is 9.72. The number of methoxy groups -OCH3 is 1. The van der Waals surface area contributed by atoms with Crippen LogP contribution < -0.4 is 15.9 Å². The molecular formula is C28H24O3P+. The van der Waals surface area contributed by atoms with Crippen LogP contribution in [0.15, 0.2) is 115 Å². The smallest absolute Gasteiger partial charge is 0.337 e. The summed E-state index contributed by atoms with van der Waals surface area (Å²) in [6.45, 7) is 0. The number of ketones is 1. The third-order valence-electron chi connectivity index (χ3n) is 5.58. The van der Waals surface area contributed by atoms with E-state index in [9.17, 15) is 9.59 Å². The Morgan fingerprint density at radius 3 is 1.50 bits per heavy atom. The van der Waals surface area contributed by atoms with Crippen molar-refractivity contribution in [3.05, 3.63) is 126 Å². The first kappa shape index (κ1) is 21.7. The number of ether oxygens (including phenoxy) is 1. The molecule has 4 aromatic rings. The lowest BCUT2D eigenvalue weighted by atomic mass is 10.1. The molecule has 0 saturated carbocycles. The molecule has 0 radical (unpaired) electrons. The van der Waals surface area contributed by atoms with E-state index in [0.29, 0.717) is 17.3 Å². The summed E-state index contributed by atoms with van der Waals surface area (Å²) >= 11 is 0. The number of benzene rings is 4. The van der Waals surface area contributed by atoms with Crippen LogP contribution in [0.2, 0.25) is 0 Å². The summed E-state index contributed by atoms with van der Waals surface area (Å²) in [5, 5.41) is 3.44. The number of carbonyl (C=O) groups is 2. The normalized spacial score (nSPS) is 11.0.